The lowest BCUT2D eigenvalue weighted by Crippen LogP contribution is -2.44. The average molecular weight is 327 g/mol. The quantitative estimate of drug-likeness (QED) is 0.490. The van der Waals surface area contributed by atoms with Gasteiger partial charge in [-0.2, -0.15) is 26.3 Å². The van der Waals surface area contributed by atoms with Crippen LogP contribution in [0.4, 0.5) is 45.2 Å². The molecule has 1 aromatic carbocycles. The Morgan fingerprint density at radius 3 is 1.76 bits per heavy atom. The molecule has 1 atom stereocenters. The largest absolute Gasteiger partial charge is 0.506 e. The number of nitrogens with two attached hydrogens (primary N) is 1. The van der Waals surface area contributed by atoms with E-state index in [0.717, 1.165) is 0 Å². The molecule has 0 bridgehead atoms. The number of phenols is 1. The van der Waals surface area contributed by atoms with E-state index in [1.807, 2.05) is 0 Å². The number of rotatable bonds is 2. The second-order valence-corrected chi connectivity index (χ2v) is 3.96. The highest BCUT2D eigenvalue weighted by atomic mass is 19.4. The van der Waals surface area contributed by atoms with Crippen molar-refractivity contribution in [3.05, 3.63) is 23.3 Å². The molecule has 21 heavy (non-hydrogen) atoms. The third kappa shape index (κ3) is 2.81. The number of anilines is 1. The Labute approximate surface area is 111 Å². The maximum atomic E-state index is 13.6. The van der Waals surface area contributed by atoms with Crippen molar-refractivity contribution in [1.82, 2.24) is 0 Å². The maximum absolute atomic E-state index is 13.6. The van der Waals surface area contributed by atoms with Crippen molar-refractivity contribution in [2.24, 2.45) is 0 Å². The highest BCUT2D eigenvalue weighted by Gasteiger charge is 2.64. The van der Waals surface area contributed by atoms with Crippen LogP contribution in [-0.2, 0) is 11.8 Å². The van der Waals surface area contributed by atoms with Crippen molar-refractivity contribution in [2.75, 3.05) is 5.73 Å². The summed E-state index contributed by atoms with van der Waals surface area (Å²) >= 11 is 0. The standard InChI is InChI=1S/C10H6F9NO/c11-7(12)8(13,10(17,18)19)3-1-4(9(14,15)16)6(20)5(21)2-3/h1-2,7,21H,20H2. The Balaban J connectivity index is 3.68. The number of benzene rings is 1. The van der Waals surface area contributed by atoms with Crippen LogP contribution in [0.15, 0.2) is 12.1 Å². The third-order valence-electron chi connectivity index (χ3n) is 2.60. The van der Waals surface area contributed by atoms with Crippen LogP contribution in [0.5, 0.6) is 5.75 Å². The van der Waals surface area contributed by atoms with Gasteiger partial charge in [-0.25, -0.2) is 13.2 Å². The van der Waals surface area contributed by atoms with Crippen LogP contribution in [-0.4, -0.2) is 17.7 Å². The molecule has 0 aliphatic heterocycles. The van der Waals surface area contributed by atoms with Crippen LogP contribution in [0.3, 0.4) is 0 Å². The molecular formula is C10H6F9NO. The van der Waals surface area contributed by atoms with E-state index in [-0.39, 0.29) is 6.07 Å². The van der Waals surface area contributed by atoms with E-state index in [0.29, 0.717) is 0 Å². The first-order valence-corrected chi connectivity index (χ1v) is 4.96. The van der Waals surface area contributed by atoms with Gasteiger partial charge in [0, 0.05) is 5.56 Å². The van der Waals surface area contributed by atoms with Crippen molar-refractivity contribution in [2.45, 2.75) is 24.4 Å². The van der Waals surface area contributed by atoms with Gasteiger partial charge in [0.05, 0.1) is 11.3 Å². The first kappa shape index (κ1) is 17.2. The third-order valence-corrected chi connectivity index (χ3v) is 2.60. The minimum absolute atomic E-state index is 0.218. The molecule has 2 nitrogen and oxygen atoms in total. The summed E-state index contributed by atoms with van der Waals surface area (Å²) in [6.45, 7) is 0. The van der Waals surface area contributed by atoms with Gasteiger partial charge in [-0.15, -0.1) is 0 Å². The normalized spacial score (nSPS) is 16.1. The predicted octanol–water partition coefficient (Wildman–Crippen LogP) is 3.99. The maximum Gasteiger partial charge on any atom is 0.432 e. The monoisotopic (exact) mass is 327 g/mol. The summed E-state index contributed by atoms with van der Waals surface area (Å²) in [5.41, 5.74) is -6.12. The lowest BCUT2D eigenvalue weighted by atomic mass is 9.92. The molecule has 0 saturated carbocycles. The molecular weight excluding hydrogens is 321 g/mol. The molecule has 11 heteroatoms. The van der Waals surface area contributed by atoms with Gasteiger partial charge in [-0.1, -0.05) is 0 Å². The second kappa shape index (κ2) is 4.88. The molecule has 0 radical (unpaired) electrons. The predicted molar refractivity (Wildman–Crippen MR) is 52.4 cm³/mol. The van der Waals surface area contributed by atoms with E-state index in [2.05, 4.69) is 0 Å². The summed E-state index contributed by atoms with van der Waals surface area (Å²) in [4.78, 5) is 0. The van der Waals surface area contributed by atoms with Crippen LogP contribution in [0.1, 0.15) is 11.1 Å². The van der Waals surface area contributed by atoms with Gasteiger partial charge in [0.2, 0.25) is 0 Å². The molecule has 3 N–H and O–H groups in total. The van der Waals surface area contributed by atoms with E-state index in [9.17, 15) is 39.5 Å². The molecule has 0 saturated heterocycles. The molecule has 0 aliphatic rings. The Hall–Kier alpha value is -1.81. The van der Waals surface area contributed by atoms with Gasteiger partial charge >= 0.3 is 12.4 Å². The minimum atomic E-state index is -6.20. The highest BCUT2D eigenvalue weighted by molar-refractivity contribution is 5.61. The fraction of sp³-hybridized carbons (Fsp3) is 0.400. The van der Waals surface area contributed by atoms with Crippen molar-refractivity contribution in [3.8, 4) is 5.75 Å². The van der Waals surface area contributed by atoms with Gasteiger partial charge in [0.15, 0.2) is 0 Å². The van der Waals surface area contributed by atoms with Gasteiger partial charge in [-0.05, 0) is 12.1 Å². The smallest absolute Gasteiger partial charge is 0.432 e. The van der Waals surface area contributed by atoms with E-state index < -0.39 is 53.1 Å². The fourth-order valence-corrected chi connectivity index (χ4v) is 1.50. The fourth-order valence-electron chi connectivity index (χ4n) is 1.50. The van der Waals surface area contributed by atoms with Gasteiger partial charge in [-0.3, -0.25) is 0 Å². The van der Waals surface area contributed by atoms with Crippen LogP contribution in [0.25, 0.3) is 0 Å². The summed E-state index contributed by atoms with van der Waals surface area (Å²) < 4.78 is 113. The highest BCUT2D eigenvalue weighted by Crippen LogP contribution is 2.50. The molecule has 0 aliphatic carbocycles. The summed E-state index contributed by atoms with van der Waals surface area (Å²) in [5.74, 6) is -1.59. The molecule has 1 rings (SSSR count). The molecule has 0 fully saturated rings. The van der Waals surface area contributed by atoms with E-state index in [1.165, 1.54) is 0 Å². The molecule has 120 valence electrons. The number of nitrogen functional groups attached to an aromatic ring is 1. The lowest BCUT2D eigenvalue weighted by Gasteiger charge is -2.28. The minimum Gasteiger partial charge on any atom is -0.506 e. The second-order valence-electron chi connectivity index (χ2n) is 3.96. The Kier molecular flexibility index (Phi) is 4.01. The van der Waals surface area contributed by atoms with Crippen molar-refractivity contribution < 1.29 is 44.6 Å². The van der Waals surface area contributed by atoms with Gasteiger partial charge in [0.1, 0.15) is 5.75 Å². The molecule has 1 aromatic rings. The topological polar surface area (TPSA) is 46.2 Å². The summed E-state index contributed by atoms with van der Waals surface area (Å²) in [5, 5.41) is 9.05. The SMILES string of the molecule is Nc1c(O)cc(C(F)(C(F)F)C(F)(F)F)cc1C(F)(F)F. The number of alkyl halides is 9. The van der Waals surface area contributed by atoms with Crippen LogP contribution in [0.2, 0.25) is 0 Å². The van der Waals surface area contributed by atoms with Crippen molar-refractivity contribution in [1.29, 1.82) is 0 Å². The Bertz CT molecular complexity index is 537. The van der Waals surface area contributed by atoms with E-state index in [4.69, 9.17) is 10.8 Å². The van der Waals surface area contributed by atoms with Crippen molar-refractivity contribution >= 4 is 5.69 Å². The van der Waals surface area contributed by atoms with Crippen LogP contribution in [0, 0.1) is 0 Å². The number of phenolic OH excluding ortho intramolecular Hbond substituents is 1. The molecule has 0 spiro atoms. The van der Waals surface area contributed by atoms with E-state index in [1.54, 1.807) is 0 Å². The zero-order valence-electron chi connectivity index (χ0n) is 9.66. The van der Waals surface area contributed by atoms with Crippen LogP contribution >= 0.6 is 0 Å². The first-order chi connectivity index (χ1) is 9.23. The number of aromatic hydroxyl groups is 1. The molecule has 1 unspecified atom stereocenters. The Morgan fingerprint density at radius 1 is 0.952 bits per heavy atom. The van der Waals surface area contributed by atoms with E-state index >= 15 is 0 Å². The van der Waals surface area contributed by atoms with Crippen LogP contribution < -0.4 is 5.73 Å². The molecule has 0 aromatic heterocycles. The zero-order chi connectivity index (χ0) is 16.8. The summed E-state index contributed by atoms with van der Waals surface area (Å²) in [7, 11) is 0. The molecule has 0 heterocycles. The number of hydrogen-bond donors (Lipinski definition) is 2. The first-order valence-electron chi connectivity index (χ1n) is 4.96. The number of hydrogen-bond acceptors (Lipinski definition) is 2. The molecule has 0 amide bonds. The Morgan fingerprint density at radius 2 is 1.43 bits per heavy atom. The van der Waals surface area contributed by atoms with Gasteiger partial charge < -0.3 is 10.8 Å². The summed E-state index contributed by atoms with van der Waals surface area (Å²) in [6, 6.07) is -0.723. The number of halogens is 9. The summed E-state index contributed by atoms with van der Waals surface area (Å²) in [6.07, 6.45) is -16.3. The van der Waals surface area contributed by atoms with Gasteiger partial charge in [0.25, 0.3) is 12.1 Å². The van der Waals surface area contributed by atoms with Crippen molar-refractivity contribution in [3.63, 3.8) is 0 Å². The lowest BCUT2D eigenvalue weighted by molar-refractivity contribution is -0.274. The zero-order valence-corrected chi connectivity index (χ0v) is 9.66. The average Bonchev–Trinajstić information content (AvgIpc) is 2.27.